The maximum absolute atomic E-state index is 6.00. The SMILES string of the molecule is CC(C)=C(C)C.CC1(C)OC1(C)C.O.OO. The third-order valence-corrected chi connectivity index (χ3v) is 2.92. The summed E-state index contributed by atoms with van der Waals surface area (Å²) in [6, 6.07) is 0. The number of hydrogen-bond acceptors (Lipinski definition) is 3. The van der Waals surface area contributed by atoms with Crippen LogP contribution < -0.4 is 0 Å². The number of epoxide rings is 1. The lowest BCUT2D eigenvalue weighted by molar-refractivity contribution is -0.176. The molecule has 0 bridgehead atoms. The van der Waals surface area contributed by atoms with Gasteiger partial charge in [0.1, 0.15) is 0 Å². The molecule has 0 radical (unpaired) electrons. The molecule has 4 nitrogen and oxygen atoms in total. The fourth-order valence-corrected chi connectivity index (χ4v) is 0.612. The van der Waals surface area contributed by atoms with Crippen molar-refractivity contribution < 1.29 is 20.7 Å². The molecule has 1 aliphatic heterocycles. The second-order valence-corrected chi connectivity index (χ2v) is 5.12. The molecule has 100 valence electrons. The number of rotatable bonds is 0. The molecule has 4 N–H and O–H groups in total. The lowest BCUT2D eigenvalue weighted by atomic mass is 10.0. The normalized spacial score (nSPS) is 17.6. The Morgan fingerprint density at radius 2 is 0.875 bits per heavy atom. The Hall–Kier alpha value is -0.420. The molecular weight excluding hydrogens is 208 g/mol. The third-order valence-electron chi connectivity index (χ3n) is 2.92. The highest BCUT2D eigenvalue weighted by atomic mass is 17.0. The first-order valence-corrected chi connectivity index (χ1v) is 5.11. The minimum absolute atomic E-state index is 0. The van der Waals surface area contributed by atoms with Crippen molar-refractivity contribution in [3.05, 3.63) is 11.1 Å². The van der Waals surface area contributed by atoms with E-state index in [1.165, 1.54) is 11.1 Å². The first kappa shape index (κ1) is 20.9. The van der Waals surface area contributed by atoms with E-state index >= 15 is 0 Å². The van der Waals surface area contributed by atoms with Gasteiger partial charge in [-0.1, -0.05) is 11.1 Å². The van der Waals surface area contributed by atoms with Crippen molar-refractivity contribution in [3.8, 4) is 0 Å². The van der Waals surface area contributed by atoms with E-state index in [0.29, 0.717) is 0 Å². The average molecular weight is 236 g/mol. The van der Waals surface area contributed by atoms with Gasteiger partial charge in [-0.2, -0.15) is 0 Å². The van der Waals surface area contributed by atoms with Gasteiger partial charge < -0.3 is 10.2 Å². The molecule has 4 heteroatoms. The summed E-state index contributed by atoms with van der Waals surface area (Å²) in [6.45, 7) is 16.9. The lowest BCUT2D eigenvalue weighted by Crippen LogP contribution is -2.10. The predicted octanol–water partition coefficient (Wildman–Crippen LogP) is 3.13. The van der Waals surface area contributed by atoms with Crippen molar-refractivity contribution in [2.24, 2.45) is 0 Å². The van der Waals surface area contributed by atoms with E-state index in [4.69, 9.17) is 15.3 Å². The molecule has 1 aliphatic rings. The minimum atomic E-state index is 0. The fourth-order valence-electron chi connectivity index (χ4n) is 0.612. The summed E-state index contributed by atoms with van der Waals surface area (Å²) >= 11 is 0. The molecule has 0 aromatic carbocycles. The van der Waals surface area contributed by atoms with Crippen molar-refractivity contribution in [1.82, 2.24) is 0 Å². The first-order chi connectivity index (χ1) is 6.60. The van der Waals surface area contributed by atoms with Gasteiger partial charge in [-0.25, -0.2) is 0 Å². The zero-order valence-corrected chi connectivity index (χ0v) is 11.8. The Balaban J connectivity index is -0.000000175. The molecule has 0 spiro atoms. The van der Waals surface area contributed by atoms with Crippen molar-refractivity contribution in [3.63, 3.8) is 0 Å². The predicted molar refractivity (Wildman–Crippen MR) is 67.8 cm³/mol. The van der Waals surface area contributed by atoms with Gasteiger partial charge in [0, 0.05) is 0 Å². The highest BCUT2D eigenvalue weighted by Gasteiger charge is 2.55. The van der Waals surface area contributed by atoms with Crippen LogP contribution in [-0.4, -0.2) is 27.2 Å². The summed E-state index contributed by atoms with van der Waals surface area (Å²) in [5, 5.41) is 12.0. The largest absolute Gasteiger partial charge is 0.412 e. The van der Waals surface area contributed by atoms with E-state index < -0.39 is 0 Å². The minimum Gasteiger partial charge on any atom is -0.412 e. The van der Waals surface area contributed by atoms with Gasteiger partial charge in [-0.05, 0) is 55.4 Å². The Morgan fingerprint density at radius 1 is 0.750 bits per heavy atom. The average Bonchev–Trinajstić information content (AvgIpc) is 2.52. The standard InChI is InChI=1S/C6H12O.C6H12.H2O2.H2O/c1-5(2)6(3,4)7-5;1-5(2)6(3)4;1-2;/h1-4H3;1-4H3;1-2H;1H2. The second kappa shape index (κ2) is 7.79. The van der Waals surface area contributed by atoms with Crippen LogP contribution in [0.4, 0.5) is 0 Å². The van der Waals surface area contributed by atoms with Crippen molar-refractivity contribution in [2.45, 2.75) is 66.6 Å². The molecule has 0 amide bonds. The second-order valence-electron chi connectivity index (χ2n) is 5.12. The Kier molecular flexibility index (Phi) is 10.2. The molecular formula is C12H28O4. The molecule has 1 fully saturated rings. The molecule has 0 aromatic rings. The Bertz CT molecular complexity index is 187. The quantitative estimate of drug-likeness (QED) is 0.293. The van der Waals surface area contributed by atoms with Crippen molar-refractivity contribution in [2.75, 3.05) is 0 Å². The van der Waals surface area contributed by atoms with Crippen LogP contribution in [0.2, 0.25) is 0 Å². The van der Waals surface area contributed by atoms with Gasteiger partial charge in [-0.3, -0.25) is 10.5 Å². The van der Waals surface area contributed by atoms with Gasteiger partial charge in [0.05, 0.1) is 11.2 Å². The third kappa shape index (κ3) is 7.82. The molecule has 0 atom stereocenters. The molecule has 0 saturated carbocycles. The van der Waals surface area contributed by atoms with Gasteiger partial charge >= 0.3 is 0 Å². The van der Waals surface area contributed by atoms with E-state index in [-0.39, 0.29) is 16.7 Å². The number of ether oxygens (including phenoxy) is 1. The van der Waals surface area contributed by atoms with Gasteiger partial charge in [-0.15, -0.1) is 0 Å². The van der Waals surface area contributed by atoms with E-state index in [0.717, 1.165) is 0 Å². The van der Waals surface area contributed by atoms with E-state index in [1.807, 2.05) is 0 Å². The molecule has 0 aliphatic carbocycles. The molecule has 16 heavy (non-hydrogen) atoms. The highest BCUT2D eigenvalue weighted by Crippen LogP contribution is 2.46. The van der Waals surface area contributed by atoms with Crippen LogP contribution in [0, 0.1) is 0 Å². The molecule has 0 aromatic heterocycles. The molecule has 1 heterocycles. The van der Waals surface area contributed by atoms with Crippen LogP contribution in [0.3, 0.4) is 0 Å². The summed E-state index contributed by atoms with van der Waals surface area (Å²) in [5.41, 5.74) is 3.14. The summed E-state index contributed by atoms with van der Waals surface area (Å²) in [4.78, 5) is 0. The zero-order chi connectivity index (χ0) is 12.9. The van der Waals surface area contributed by atoms with E-state index in [1.54, 1.807) is 0 Å². The monoisotopic (exact) mass is 236 g/mol. The number of hydrogen-bond donors (Lipinski definition) is 2. The lowest BCUT2D eigenvalue weighted by Gasteiger charge is -1.95. The van der Waals surface area contributed by atoms with Crippen molar-refractivity contribution >= 4 is 0 Å². The van der Waals surface area contributed by atoms with Crippen LogP contribution in [0.25, 0.3) is 0 Å². The zero-order valence-electron chi connectivity index (χ0n) is 11.8. The van der Waals surface area contributed by atoms with Crippen LogP contribution in [-0.2, 0) is 4.74 Å². The van der Waals surface area contributed by atoms with Crippen LogP contribution in [0.1, 0.15) is 55.4 Å². The summed E-state index contributed by atoms with van der Waals surface area (Å²) in [7, 11) is 0. The Labute approximate surface area is 99.2 Å². The topological polar surface area (TPSA) is 84.5 Å². The molecule has 0 unspecified atom stereocenters. The maximum Gasteiger partial charge on any atom is 0.0918 e. The maximum atomic E-state index is 6.00. The molecule has 1 saturated heterocycles. The fraction of sp³-hybridized carbons (Fsp3) is 0.833. The van der Waals surface area contributed by atoms with E-state index in [2.05, 4.69) is 55.4 Å². The van der Waals surface area contributed by atoms with Gasteiger partial charge in [0.25, 0.3) is 0 Å². The first-order valence-electron chi connectivity index (χ1n) is 5.11. The van der Waals surface area contributed by atoms with Gasteiger partial charge in [0.15, 0.2) is 0 Å². The van der Waals surface area contributed by atoms with Gasteiger partial charge in [0.2, 0.25) is 0 Å². The summed E-state index contributed by atoms with van der Waals surface area (Å²) in [6.07, 6.45) is 0. The number of allylic oxidation sites excluding steroid dienone is 2. The Morgan fingerprint density at radius 3 is 0.875 bits per heavy atom. The molecule has 1 rings (SSSR count). The smallest absolute Gasteiger partial charge is 0.0918 e. The van der Waals surface area contributed by atoms with Crippen LogP contribution in [0.5, 0.6) is 0 Å². The van der Waals surface area contributed by atoms with Crippen molar-refractivity contribution in [1.29, 1.82) is 0 Å². The summed E-state index contributed by atoms with van der Waals surface area (Å²) < 4.78 is 5.29. The van der Waals surface area contributed by atoms with Crippen LogP contribution in [0.15, 0.2) is 11.1 Å². The summed E-state index contributed by atoms with van der Waals surface area (Å²) in [5.74, 6) is 0. The highest BCUT2D eigenvalue weighted by molar-refractivity contribution is 5.03. The van der Waals surface area contributed by atoms with Crippen LogP contribution >= 0.6 is 0 Å². The van der Waals surface area contributed by atoms with E-state index in [9.17, 15) is 0 Å².